The molecule has 3 nitrogen and oxygen atoms in total. The maximum atomic E-state index is 11.1. The molecular formula is C10H16N2O. The number of nitrogens with zero attached hydrogens (tertiary/aromatic N) is 1. The summed E-state index contributed by atoms with van der Waals surface area (Å²) < 4.78 is 0. The van der Waals surface area contributed by atoms with Crippen LogP contribution in [0, 0.1) is 0 Å². The van der Waals surface area contributed by atoms with Crippen molar-refractivity contribution in [1.82, 2.24) is 10.2 Å². The van der Waals surface area contributed by atoms with Crippen molar-refractivity contribution in [1.29, 1.82) is 0 Å². The molecule has 0 amide bonds. The molecule has 3 heteroatoms. The van der Waals surface area contributed by atoms with E-state index in [1.165, 1.54) is 12.8 Å². The predicted molar refractivity (Wildman–Crippen MR) is 51.8 cm³/mol. The molecule has 0 aliphatic rings. The van der Waals surface area contributed by atoms with E-state index < -0.39 is 0 Å². The standard InChI is InChI=1S/C10H16N2O/c1-3-4-5-6-9-7-11-12-10(9)8(2)13/h7H,3-6H2,1-2H3,(H,11,12). The molecule has 0 unspecified atom stereocenters. The van der Waals surface area contributed by atoms with Crippen LogP contribution < -0.4 is 0 Å². The van der Waals surface area contributed by atoms with Crippen LogP contribution in [-0.4, -0.2) is 16.0 Å². The largest absolute Gasteiger partial charge is 0.293 e. The fourth-order valence-corrected chi connectivity index (χ4v) is 1.38. The van der Waals surface area contributed by atoms with Gasteiger partial charge in [0.25, 0.3) is 0 Å². The number of aryl methyl sites for hydroxylation is 1. The molecule has 72 valence electrons. The number of carbonyl (C=O) groups excluding carboxylic acids is 1. The number of carbonyl (C=O) groups is 1. The summed E-state index contributed by atoms with van der Waals surface area (Å²) in [5, 5.41) is 6.66. The van der Waals surface area contributed by atoms with Crippen molar-refractivity contribution in [3.8, 4) is 0 Å². The van der Waals surface area contributed by atoms with Crippen LogP contribution in [0.5, 0.6) is 0 Å². The third kappa shape index (κ3) is 2.68. The number of hydrogen-bond acceptors (Lipinski definition) is 2. The van der Waals surface area contributed by atoms with Gasteiger partial charge >= 0.3 is 0 Å². The molecule has 1 rings (SSSR count). The second kappa shape index (κ2) is 4.80. The Morgan fingerprint density at radius 1 is 1.54 bits per heavy atom. The van der Waals surface area contributed by atoms with Gasteiger partial charge in [0, 0.05) is 18.7 Å². The maximum absolute atomic E-state index is 11.1. The Morgan fingerprint density at radius 3 is 2.92 bits per heavy atom. The van der Waals surface area contributed by atoms with E-state index in [0.29, 0.717) is 5.69 Å². The summed E-state index contributed by atoms with van der Waals surface area (Å²) in [6.45, 7) is 3.72. The molecule has 1 aromatic heterocycles. The van der Waals surface area contributed by atoms with Crippen LogP contribution in [0.25, 0.3) is 0 Å². The van der Waals surface area contributed by atoms with Crippen molar-refractivity contribution in [2.75, 3.05) is 0 Å². The number of rotatable bonds is 5. The van der Waals surface area contributed by atoms with Crippen molar-refractivity contribution in [2.45, 2.75) is 39.5 Å². The lowest BCUT2D eigenvalue weighted by molar-refractivity contribution is 0.101. The lowest BCUT2D eigenvalue weighted by Crippen LogP contribution is -1.98. The Labute approximate surface area is 78.5 Å². The first-order chi connectivity index (χ1) is 6.25. The highest BCUT2D eigenvalue weighted by Gasteiger charge is 2.08. The van der Waals surface area contributed by atoms with Crippen molar-refractivity contribution in [3.63, 3.8) is 0 Å². The molecule has 0 aromatic carbocycles. The molecule has 0 spiro atoms. The van der Waals surface area contributed by atoms with Gasteiger partial charge in [-0.15, -0.1) is 0 Å². The number of hydrogen-bond donors (Lipinski definition) is 1. The molecule has 0 fully saturated rings. The summed E-state index contributed by atoms with van der Waals surface area (Å²) in [7, 11) is 0. The number of aromatic nitrogens is 2. The zero-order chi connectivity index (χ0) is 9.68. The average molecular weight is 180 g/mol. The van der Waals surface area contributed by atoms with Crippen LogP contribution in [-0.2, 0) is 6.42 Å². The van der Waals surface area contributed by atoms with Gasteiger partial charge in [0.05, 0.1) is 0 Å². The van der Waals surface area contributed by atoms with E-state index in [2.05, 4.69) is 17.1 Å². The van der Waals surface area contributed by atoms with Gasteiger partial charge in [-0.25, -0.2) is 0 Å². The number of nitrogens with one attached hydrogen (secondary N) is 1. The highest BCUT2D eigenvalue weighted by atomic mass is 16.1. The lowest BCUT2D eigenvalue weighted by Gasteiger charge is -1.97. The minimum absolute atomic E-state index is 0.0488. The van der Waals surface area contributed by atoms with Gasteiger partial charge in [0.1, 0.15) is 5.69 Å². The molecule has 0 aliphatic heterocycles. The summed E-state index contributed by atoms with van der Waals surface area (Å²) in [4.78, 5) is 11.1. The van der Waals surface area contributed by atoms with Gasteiger partial charge in [0.15, 0.2) is 5.78 Å². The minimum Gasteiger partial charge on any atom is -0.293 e. The SMILES string of the molecule is CCCCCc1c[nH]nc1C(C)=O. The molecule has 1 N–H and O–H groups in total. The molecular weight excluding hydrogens is 164 g/mol. The predicted octanol–water partition coefficient (Wildman–Crippen LogP) is 2.35. The van der Waals surface area contributed by atoms with Crippen molar-refractivity contribution in [3.05, 3.63) is 17.5 Å². The van der Waals surface area contributed by atoms with E-state index >= 15 is 0 Å². The number of unbranched alkanes of at least 4 members (excludes halogenated alkanes) is 2. The summed E-state index contributed by atoms with van der Waals surface area (Å²) in [5.41, 5.74) is 1.66. The maximum Gasteiger partial charge on any atom is 0.180 e. The van der Waals surface area contributed by atoms with Gasteiger partial charge in [0.2, 0.25) is 0 Å². The average Bonchev–Trinajstić information content (AvgIpc) is 2.53. The van der Waals surface area contributed by atoms with E-state index in [9.17, 15) is 4.79 Å². The van der Waals surface area contributed by atoms with Gasteiger partial charge in [-0.1, -0.05) is 19.8 Å². The van der Waals surface area contributed by atoms with E-state index in [0.717, 1.165) is 18.4 Å². The van der Waals surface area contributed by atoms with Crippen molar-refractivity contribution < 1.29 is 4.79 Å². The summed E-state index contributed by atoms with van der Waals surface area (Å²) >= 11 is 0. The van der Waals surface area contributed by atoms with E-state index in [1.54, 1.807) is 6.92 Å². The van der Waals surface area contributed by atoms with Gasteiger partial charge in [-0.3, -0.25) is 9.89 Å². The molecule has 0 bridgehead atoms. The quantitative estimate of drug-likeness (QED) is 0.558. The topological polar surface area (TPSA) is 45.8 Å². The van der Waals surface area contributed by atoms with Gasteiger partial charge < -0.3 is 0 Å². The van der Waals surface area contributed by atoms with Crippen LogP contribution in [0.4, 0.5) is 0 Å². The van der Waals surface area contributed by atoms with Crippen LogP contribution in [0.2, 0.25) is 0 Å². The van der Waals surface area contributed by atoms with Crippen molar-refractivity contribution >= 4 is 5.78 Å². The molecule has 0 aliphatic carbocycles. The highest BCUT2D eigenvalue weighted by molar-refractivity contribution is 5.93. The summed E-state index contributed by atoms with van der Waals surface area (Å²) in [6, 6.07) is 0. The second-order valence-electron chi connectivity index (χ2n) is 3.27. The Balaban J connectivity index is 2.55. The Bertz CT molecular complexity index is 278. The first-order valence-corrected chi connectivity index (χ1v) is 4.79. The van der Waals surface area contributed by atoms with Crippen LogP contribution >= 0.6 is 0 Å². The van der Waals surface area contributed by atoms with Crippen molar-refractivity contribution in [2.24, 2.45) is 0 Å². The normalized spacial score (nSPS) is 10.3. The number of ketones is 1. The van der Waals surface area contributed by atoms with Crippen LogP contribution in [0.1, 0.15) is 49.2 Å². The molecule has 13 heavy (non-hydrogen) atoms. The fourth-order valence-electron chi connectivity index (χ4n) is 1.38. The molecule has 0 radical (unpaired) electrons. The molecule has 0 atom stereocenters. The van der Waals surface area contributed by atoms with E-state index in [-0.39, 0.29) is 5.78 Å². The first kappa shape index (κ1) is 9.96. The zero-order valence-electron chi connectivity index (χ0n) is 8.26. The second-order valence-corrected chi connectivity index (χ2v) is 3.27. The van der Waals surface area contributed by atoms with E-state index in [1.807, 2.05) is 6.20 Å². The Kier molecular flexibility index (Phi) is 3.68. The van der Waals surface area contributed by atoms with E-state index in [4.69, 9.17) is 0 Å². The van der Waals surface area contributed by atoms with Gasteiger partial charge in [-0.2, -0.15) is 5.10 Å². The summed E-state index contributed by atoms with van der Waals surface area (Å²) in [5.74, 6) is 0.0488. The minimum atomic E-state index is 0.0488. The number of Topliss-reactive ketones (excluding diaryl/α,β-unsaturated/α-hetero) is 1. The molecule has 0 saturated heterocycles. The Morgan fingerprint density at radius 2 is 2.31 bits per heavy atom. The Hall–Kier alpha value is -1.12. The first-order valence-electron chi connectivity index (χ1n) is 4.79. The third-order valence-electron chi connectivity index (χ3n) is 2.10. The fraction of sp³-hybridized carbons (Fsp3) is 0.600. The van der Waals surface area contributed by atoms with Crippen LogP contribution in [0.15, 0.2) is 6.20 Å². The zero-order valence-corrected chi connectivity index (χ0v) is 8.26. The molecule has 1 aromatic rings. The lowest BCUT2D eigenvalue weighted by atomic mass is 10.1. The number of aromatic amines is 1. The summed E-state index contributed by atoms with van der Waals surface area (Å²) in [6.07, 6.45) is 6.33. The van der Waals surface area contributed by atoms with Gasteiger partial charge in [-0.05, 0) is 12.8 Å². The number of H-pyrrole nitrogens is 1. The highest BCUT2D eigenvalue weighted by Crippen LogP contribution is 2.10. The molecule has 0 saturated carbocycles. The monoisotopic (exact) mass is 180 g/mol. The molecule has 1 heterocycles. The smallest absolute Gasteiger partial charge is 0.180 e. The third-order valence-corrected chi connectivity index (χ3v) is 2.10. The van der Waals surface area contributed by atoms with Crippen LogP contribution in [0.3, 0.4) is 0 Å².